The summed E-state index contributed by atoms with van der Waals surface area (Å²) in [6, 6.07) is 0. The number of ether oxygens (including phenoxy) is 1. The first kappa shape index (κ1) is 11.1. The van der Waals surface area contributed by atoms with E-state index in [0.717, 1.165) is 25.9 Å². The molecule has 1 saturated carbocycles. The van der Waals surface area contributed by atoms with Gasteiger partial charge in [-0.15, -0.1) is 0 Å². The fourth-order valence-corrected chi connectivity index (χ4v) is 2.94. The smallest absolute Gasteiger partial charge is 0.133 e. The summed E-state index contributed by atoms with van der Waals surface area (Å²) in [4.78, 5) is 11.3. The lowest BCUT2D eigenvalue weighted by Gasteiger charge is -2.22. The van der Waals surface area contributed by atoms with Gasteiger partial charge in [0.05, 0.1) is 6.10 Å². The highest BCUT2D eigenvalue weighted by Crippen LogP contribution is 2.40. The number of hydrogen-bond donors (Lipinski definition) is 0. The van der Waals surface area contributed by atoms with E-state index in [1.165, 1.54) is 32.1 Å². The molecule has 0 aromatic heterocycles. The van der Waals surface area contributed by atoms with Crippen LogP contribution in [0.15, 0.2) is 0 Å². The first-order valence-electron chi connectivity index (χ1n) is 6.31. The average Bonchev–Trinajstić information content (AvgIpc) is 2.77. The predicted octanol–water partition coefficient (Wildman–Crippen LogP) is 3.10. The molecule has 0 amide bonds. The molecule has 0 aromatic carbocycles. The van der Waals surface area contributed by atoms with Crippen LogP contribution in [-0.2, 0) is 9.53 Å². The van der Waals surface area contributed by atoms with Crippen molar-refractivity contribution in [1.29, 1.82) is 0 Å². The molecular weight excluding hydrogens is 188 g/mol. The molecule has 0 spiro atoms. The second kappa shape index (κ2) is 4.65. The third kappa shape index (κ3) is 3.04. The minimum atomic E-state index is 0.315. The highest BCUT2D eigenvalue weighted by Gasteiger charge is 2.33. The van der Waals surface area contributed by atoms with Crippen LogP contribution >= 0.6 is 0 Å². The molecule has 15 heavy (non-hydrogen) atoms. The third-order valence-electron chi connectivity index (χ3n) is 3.96. The van der Waals surface area contributed by atoms with Crippen LogP contribution in [0.3, 0.4) is 0 Å². The van der Waals surface area contributed by atoms with E-state index >= 15 is 0 Å². The molecule has 0 aromatic rings. The van der Waals surface area contributed by atoms with Gasteiger partial charge < -0.3 is 4.74 Å². The molecule has 1 heterocycles. The van der Waals surface area contributed by atoms with Crippen molar-refractivity contribution >= 4 is 5.78 Å². The van der Waals surface area contributed by atoms with Gasteiger partial charge in [-0.25, -0.2) is 0 Å². The summed E-state index contributed by atoms with van der Waals surface area (Å²) >= 11 is 0. The Morgan fingerprint density at radius 2 is 2.40 bits per heavy atom. The van der Waals surface area contributed by atoms with Crippen molar-refractivity contribution in [2.24, 2.45) is 5.41 Å². The number of carbonyl (C=O) groups excluding carboxylic acids is 1. The van der Waals surface area contributed by atoms with E-state index < -0.39 is 0 Å². The number of Topliss-reactive ketones (excluding diaryl/α,β-unsaturated/α-hetero) is 1. The molecule has 0 bridgehead atoms. The minimum Gasteiger partial charge on any atom is -0.378 e. The SMILES string of the molecule is CC1(CCCC2CCCO2)CCC(=O)C1. The van der Waals surface area contributed by atoms with E-state index in [0.29, 0.717) is 17.3 Å². The first-order valence-corrected chi connectivity index (χ1v) is 6.31. The summed E-state index contributed by atoms with van der Waals surface area (Å²) in [5, 5.41) is 0. The Morgan fingerprint density at radius 3 is 3.00 bits per heavy atom. The van der Waals surface area contributed by atoms with Crippen molar-refractivity contribution in [3.63, 3.8) is 0 Å². The molecule has 2 atom stereocenters. The van der Waals surface area contributed by atoms with Gasteiger partial charge in [-0.1, -0.05) is 13.3 Å². The molecule has 2 nitrogen and oxygen atoms in total. The zero-order chi connectivity index (χ0) is 10.7. The lowest BCUT2D eigenvalue weighted by molar-refractivity contribution is -0.118. The molecule has 0 radical (unpaired) electrons. The summed E-state index contributed by atoms with van der Waals surface area (Å²) in [6.45, 7) is 3.23. The topological polar surface area (TPSA) is 26.3 Å². The normalized spacial score (nSPS) is 36.3. The molecule has 2 rings (SSSR count). The van der Waals surface area contributed by atoms with Gasteiger partial charge in [-0.05, 0) is 37.5 Å². The Balaban J connectivity index is 1.66. The third-order valence-corrected chi connectivity index (χ3v) is 3.96. The lowest BCUT2D eigenvalue weighted by Crippen LogP contribution is -2.13. The van der Waals surface area contributed by atoms with Crippen molar-refractivity contribution < 1.29 is 9.53 Å². The lowest BCUT2D eigenvalue weighted by atomic mass is 9.83. The second-order valence-corrected chi connectivity index (χ2v) is 5.55. The first-order chi connectivity index (χ1) is 7.18. The van der Waals surface area contributed by atoms with Crippen LogP contribution in [0.25, 0.3) is 0 Å². The van der Waals surface area contributed by atoms with Crippen molar-refractivity contribution in [3.8, 4) is 0 Å². The molecule has 1 saturated heterocycles. The Hall–Kier alpha value is -0.370. The van der Waals surface area contributed by atoms with Gasteiger partial charge in [0.2, 0.25) is 0 Å². The second-order valence-electron chi connectivity index (χ2n) is 5.55. The maximum Gasteiger partial charge on any atom is 0.133 e. The summed E-state index contributed by atoms with van der Waals surface area (Å²) in [7, 11) is 0. The van der Waals surface area contributed by atoms with Crippen molar-refractivity contribution in [3.05, 3.63) is 0 Å². The van der Waals surface area contributed by atoms with Crippen LogP contribution in [-0.4, -0.2) is 18.5 Å². The van der Waals surface area contributed by atoms with E-state index in [1.807, 2.05) is 0 Å². The molecule has 1 aliphatic carbocycles. The van der Waals surface area contributed by atoms with E-state index in [9.17, 15) is 4.79 Å². The summed E-state index contributed by atoms with van der Waals surface area (Å²) < 4.78 is 5.60. The van der Waals surface area contributed by atoms with Gasteiger partial charge >= 0.3 is 0 Å². The van der Waals surface area contributed by atoms with Gasteiger partial charge in [0.15, 0.2) is 0 Å². The summed E-state index contributed by atoms with van der Waals surface area (Å²) in [5.41, 5.74) is 0.315. The zero-order valence-electron chi connectivity index (χ0n) is 9.76. The van der Waals surface area contributed by atoms with Crippen molar-refractivity contribution in [1.82, 2.24) is 0 Å². The van der Waals surface area contributed by atoms with E-state index in [4.69, 9.17) is 4.74 Å². The van der Waals surface area contributed by atoms with Gasteiger partial charge in [0.1, 0.15) is 5.78 Å². The molecule has 2 aliphatic rings. The Bertz CT molecular complexity index is 231. The standard InChI is InChI=1S/C13H22O2/c1-13(8-6-11(14)10-13)7-2-4-12-5-3-9-15-12/h12H,2-10H2,1H3. The number of ketones is 1. The van der Waals surface area contributed by atoms with Gasteiger partial charge in [-0.2, -0.15) is 0 Å². The highest BCUT2D eigenvalue weighted by molar-refractivity contribution is 5.81. The van der Waals surface area contributed by atoms with Crippen LogP contribution in [0.1, 0.15) is 58.3 Å². The quantitative estimate of drug-likeness (QED) is 0.712. The van der Waals surface area contributed by atoms with E-state index in [2.05, 4.69) is 6.92 Å². The minimum absolute atomic E-state index is 0.315. The maximum absolute atomic E-state index is 11.3. The maximum atomic E-state index is 11.3. The van der Waals surface area contributed by atoms with Crippen LogP contribution in [0.2, 0.25) is 0 Å². The molecule has 2 unspecified atom stereocenters. The van der Waals surface area contributed by atoms with Crippen LogP contribution in [0.5, 0.6) is 0 Å². The van der Waals surface area contributed by atoms with Gasteiger partial charge in [0.25, 0.3) is 0 Å². The average molecular weight is 210 g/mol. The number of carbonyl (C=O) groups is 1. The molecule has 0 N–H and O–H groups in total. The monoisotopic (exact) mass is 210 g/mol. The van der Waals surface area contributed by atoms with Gasteiger partial charge in [-0.3, -0.25) is 4.79 Å². The summed E-state index contributed by atoms with van der Waals surface area (Å²) in [6.07, 6.45) is 9.38. The number of hydrogen-bond acceptors (Lipinski definition) is 2. The van der Waals surface area contributed by atoms with Crippen molar-refractivity contribution in [2.75, 3.05) is 6.61 Å². The molecule has 2 fully saturated rings. The van der Waals surface area contributed by atoms with Crippen LogP contribution in [0, 0.1) is 5.41 Å². The number of rotatable bonds is 4. The molecule has 86 valence electrons. The zero-order valence-corrected chi connectivity index (χ0v) is 9.76. The molecule has 1 aliphatic heterocycles. The summed E-state index contributed by atoms with van der Waals surface area (Å²) in [5.74, 6) is 0.467. The highest BCUT2D eigenvalue weighted by atomic mass is 16.5. The van der Waals surface area contributed by atoms with E-state index in [1.54, 1.807) is 0 Å². The largest absolute Gasteiger partial charge is 0.378 e. The van der Waals surface area contributed by atoms with Crippen LogP contribution < -0.4 is 0 Å². The molecular formula is C13H22O2. The fourth-order valence-electron chi connectivity index (χ4n) is 2.94. The Morgan fingerprint density at radius 1 is 1.53 bits per heavy atom. The molecule has 2 heteroatoms. The van der Waals surface area contributed by atoms with Crippen molar-refractivity contribution in [2.45, 2.75) is 64.4 Å². The fraction of sp³-hybridized carbons (Fsp3) is 0.923. The van der Waals surface area contributed by atoms with Crippen LogP contribution in [0.4, 0.5) is 0 Å². The van der Waals surface area contributed by atoms with E-state index in [-0.39, 0.29) is 0 Å². The van der Waals surface area contributed by atoms with Gasteiger partial charge in [0, 0.05) is 19.4 Å². The Labute approximate surface area is 92.4 Å². The predicted molar refractivity (Wildman–Crippen MR) is 59.8 cm³/mol. The Kier molecular flexibility index (Phi) is 3.45.